The van der Waals surface area contributed by atoms with Crippen LogP contribution >= 0.6 is 11.6 Å². The van der Waals surface area contributed by atoms with E-state index in [1.165, 1.54) is 16.7 Å². The molecule has 1 saturated heterocycles. The first-order valence-electron chi connectivity index (χ1n) is 10.7. The van der Waals surface area contributed by atoms with Gasteiger partial charge in [0.1, 0.15) is 0 Å². The highest BCUT2D eigenvalue weighted by Crippen LogP contribution is 2.30. The van der Waals surface area contributed by atoms with Crippen LogP contribution < -0.4 is 10.2 Å². The number of carbonyl (C=O) groups is 1. The van der Waals surface area contributed by atoms with Crippen LogP contribution in [0, 0.1) is 19.8 Å². The summed E-state index contributed by atoms with van der Waals surface area (Å²) in [4.78, 5) is 14.9. The third-order valence-electron chi connectivity index (χ3n) is 5.77. The van der Waals surface area contributed by atoms with Crippen molar-refractivity contribution < 1.29 is 4.79 Å². The third kappa shape index (κ3) is 4.96. The van der Waals surface area contributed by atoms with E-state index in [0.29, 0.717) is 0 Å². The van der Waals surface area contributed by atoms with E-state index in [1.807, 2.05) is 48.2 Å². The summed E-state index contributed by atoms with van der Waals surface area (Å²) in [6.45, 7) is 12.0. The highest BCUT2D eigenvalue weighted by atomic mass is 35.5. The second kappa shape index (κ2) is 9.99. The van der Waals surface area contributed by atoms with Crippen molar-refractivity contribution >= 4 is 28.8 Å². The van der Waals surface area contributed by atoms with E-state index in [4.69, 9.17) is 11.6 Å². The number of allylic oxidation sites excluding steroid dienone is 1. The molecule has 1 aliphatic heterocycles. The number of nitrogens with zero attached hydrogens (tertiary/aromatic N) is 1. The molecule has 2 aromatic rings. The fourth-order valence-corrected chi connectivity index (χ4v) is 4.29. The number of carbonyl (C=O) groups excluding carboxylic acids is 1. The first-order chi connectivity index (χ1) is 14.4. The van der Waals surface area contributed by atoms with Crippen molar-refractivity contribution in [3.63, 3.8) is 0 Å². The van der Waals surface area contributed by atoms with Crippen LogP contribution in [-0.2, 0) is 4.79 Å². The highest BCUT2D eigenvalue weighted by Gasteiger charge is 2.34. The molecule has 2 aromatic carbocycles. The van der Waals surface area contributed by atoms with Gasteiger partial charge in [-0.1, -0.05) is 55.4 Å². The number of anilines is 1. The Hall–Kier alpha value is -2.52. The number of aryl methyl sites for hydroxylation is 2. The fraction of sp³-hybridized carbons (Fsp3) is 0.346. The summed E-state index contributed by atoms with van der Waals surface area (Å²) in [5.74, 6) is -0.0343. The summed E-state index contributed by atoms with van der Waals surface area (Å²) in [7, 11) is 0. The molecule has 4 heteroatoms. The molecule has 1 aliphatic rings. The van der Waals surface area contributed by atoms with Gasteiger partial charge in [-0.2, -0.15) is 0 Å². The zero-order valence-corrected chi connectivity index (χ0v) is 18.9. The average molecular weight is 423 g/mol. The van der Waals surface area contributed by atoms with Crippen molar-refractivity contribution in [2.24, 2.45) is 5.92 Å². The van der Waals surface area contributed by atoms with Crippen LogP contribution in [0.25, 0.3) is 5.57 Å². The van der Waals surface area contributed by atoms with E-state index in [2.05, 4.69) is 37.9 Å². The van der Waals surface area contributed by atoms with Gasteiger partial charge >= 0.3 is 0 Å². The van der Waals surface area contributed by atoms with Gasteiger partial charge in [0.2, 0.25) is 5.91 Å². The quantitative estimate of drug-likeness (QED) is 0.541. The summed E-state index contributed by atoms with van der Waals surface area (Å²) in [6.07, 6.45) is 4.87. The summed E-state index contributed by atoms with van der Waals surface area (Å²) in [5, 5.41) is 4.17. The Balaban J connectivity index is 1.61. The molecule has 1 heterocycles. The van der Waals surface area contributed by atoms with E-state index in [9.17, 15) is 4.79 Å². The van der Waals surface area contributed by atoms with Crippen molar-refractivity contribution in [3.05, 3.63) is 82.5 Å². The lowest BCUT2D eigenvalue weighted by Crippen LogP contribution is -2.31. The van der Waals surface area contributed by atoms with Gasteiger partial charge in [-0.3, -0.25) is 4.79 Å². The van der Waals surface area contributed by atoms with Crippen molar-refractivity contribution in [1.82, 2.24) is 5.32 Å². The number of nitrogens with one attached hydrogen (secondary N) is 1. The van der Waals surface area contributed by atoms with Gasteiger partial charge < -0.3 is 10.2 Å². The van der Waals surface area contributed by atoms with Crippen LogP contribution in [0.2, 0.25) is 5.02 Å². The number of halogens is 1. The van der Waals surface area contributed by atoms with Crippen LogP contribution in [0.15, 0.2) is 60.8 Å². The minimum atomic E-state index is -0.170. The Labute approximate surface area is 185 Å². The molecular weight excluding hydrogens is 392 g/mol. The van der Waals surface area contributed by atoms with E-state index in [1.54, 1.807) is 0 Å². The van der Waals surface area contributed by atoms with E-state index in [-0.39, 0.29) is 11.8 Å². The maximum absolute atomic E-state index is 13.0. The predicted octanol–water partition coefficient (Wildman–Crippen LogP) is 6.30. The second-order valence-corrected chi connectivity index (χ2v) is 8.35. The lowest BCUT2D eigenvalue weighted by Gasteiger charge is -2.20. The number of hydrogen-bond acceptors (Lipinski definition) is 2. The third-order valence-corrected chi connectivity index (χ3v) is 6.01. The van der Waals surface area contributed by atoms with Gasteiger partial charge in [0.05, 0.1) is 5.92 Å². The molecule has 0 spiro atoms. The highest BCUT2D eigenvalue weighted by molar-refractivity contribution is 6.30. The maximum Gasteiger partial charge on any atom is 0.236 e. The minimum absolute atomic E-state index is 0.136. The molecule has 0 bridgehead atoms. The van der Waals surface area contributed by atoms with Gasteiger partial charge in [0, 0.05) is 29.5 Å². The largest absolute Gasteiger partial charge is 0.388 e. The smallest absolute Gasteiger partial charge is 0.236 e. The Bertz CT molecular complexity index is 963. The van der Waals surface area contributed by atoms with Crippen molar-refractivity contribution in [2.45, 2.75) is 40.0 Å². The zero-order valence-electron chi connectivity index (χ0n) is 18.2. The predicted molar refractivity (Wildman–Crippen MR) is 128 cm³/mol. The first kappa shape index (κ1) is 22.2. The molecule has 158 valence electrons. The van der Waals surface area contributed by atoms with Crippen LogP contribution in [-0.4, -0.2) is 19.0 Å². The zero-order chi connectivity index (χ0) is 21.7. The molecule has 3 nitrogen and oxygen atoms in total. The Morgan fingerprint density at radius 2 is 2.00 bits per heavy atom. The lowest BCUT2D eigenvalue weighted by molar-refractivity contribution is -0.119. The van der Waals surface area contributed by atoms with Gasteiger partial charge in [-0.05, 0) is 73.6 Å². The lowest BCUT2D eigenvalue weighted by atomic mass is 9.97. The van der Waals surface area contributed by atoms with Gasteiger partial charge in [-0.15, -0.1) is 0 Å². The van der Waals surface area contributed by atoms with Gasteiger partial charge in [0.15, 0.2) is 0 Å². The van der Waals surface area contributed by atoms with Crippen LogP contribution in [0.1, 0.15) is 42.9 Å². The molecule has 1 unspecified atom stereocenters. The molecule has 30 heavy (non-hydrogen) atoms. The Morgan fingerprint density at radius 1 is 1.23 bits per heavy atom. The van der Waals surface area contributed by atoms with Crippen LogP contribution in [0.4, 0.5) is 5.69 Å². The fourth-order valence-electron chi connectivity index (χ4n) is 4.12. The molecule has 1 amide bonds. The van der Waals surface area contributed by atoms with E-state index >= 15 is 0 Å². The van der Waals surface area contributed by atoms with E-state index in [0.717, 1.165) is 54.3 Å². The summed E-state index contributed by atoms with van der Waals surface area (Å²) < 4.78 is 0. The molecule has 0 aliphatic carbocycles. The Morgan fingerprint density at radius 3 is 2.73 bits per heavy atom. The molecule has 0 aromatic heterocycles. The number of para-hydroxylation sites is 1. The van der Waals surface area contributed by atoms with Crippen LogP contribution in [0.5, 0.6) is 0 Å². The summed E-state index contributed by atoms with van der Waals surface area (Å²) in [5.41, 5.74) is 6.63. The number of hydrogen-bond donors (Lipinski definition) is 1. The normalized spacial score (nSPS) is 16.8. The van der Waals surface area contributed by atoms with Crippen molar-refractivity contribution in [3.8, 4) is 0 Å². The topological polar surface area (TPSA) is 32.3 Å². The molecular formula is C26H31ClN2O. The maximum atomic E-state index is 13.0. The van der Waals surface area contributed by atoms with Crippen molar-refractivity contribution in [1.29, 1.82) is 0 Å². The SMILES string of the molecule is C=C(NCC/C(=C/CC)c1cc(Cl)ccc1C)C1CCN(c2ccccc2C)C1=O. The summed E-state index contributed by atoms with van der Waals surface area (Å²) >= 11 is 6.22. The number of benzene rings is 2. The first-order valence-corrected chi connectivity index (χ1v) is 11.1. The van der Waals surface area contributed by atoms with Crippen molar-refractivity contribution in [2.75, 3.05) is 18.0 Å². The molecule has 0 radical (unpaired) electrons. The second-order valence-electron chi connectivity index (χ2n) is 7.92. The van der Waals surface area contributed by atoms with Gasteiger partial charge in [0.25, 0.3) is 0 Å². The van der Waals surface area contributed by atoms with Gasteiger partial charge in [-0.25, -0.2) is 0 Å². The van der Waals surface area contributed by atoms with E-state index < -0.39 is 0 Å². The molecule has 1 N–H and O–H groups in total. The summed E-state index contributed by atoms with van der Waals surface area (Å²) in [6, 6.07) is 14.1. The minimum Gasteiger partial charge on any atom is -0.388 e. The number of rotatable bonds is 8. The molecule has 1 fully saturated rings. The molecule has 1 atom stereocenters. The average Bonchev–Trinajstić information content (AvgIpc) is 3.11. The molecule has 0 saturated carbocycles. The monoisotopic (exact) mass is 422 g/mol. The standard InChI is InChI=1S/C26H31ClN2O/c1-5-8-21(24-17-22(27)12-11-18(24)2)13-15-28-20(4)23-14-16-29(26(23)30)25-10-7-6-9-19(25)3/h6-12,17,23,28H,4-5,13-16H2,1-3H3/b21-8-. The Kier molecular flexibility index (Phi) is 7.38. The van der Waals surface area contributed by atoms with Crippen LogP contribution in [0.3, 0.4) is 0 Å². The number of amides is 1. The molecule has 3 rings (SSSR count).